The third-order valence-corrected chi connectivity index (χ3v) is 2.28. The highest BCUT2D eigenvalue weighted by atomic mass is 16.4. The van der Waals surface area contributed by atoms with Gasteiger partial charge in [-0.05, 0) is 30.2 Å². The summed E-state index contributed by atoms with van der Waals surface area (Å²) >= 11 is 0. The summed E-state index contributed by atoms with van der Waals surface area (Å²) in [6.07, 6.45) is 0. The Morgan fingerprint density at radius 3 is 2.44 bits per heavy atom. The van der Waals surface area contributed by atoms with Gasteiger partial charge in [0, 0.05) is 5.69 Å². The predicted octanol–water partition coefficient (Wildman–Crippen LogP) is 2.76. The number of hydrogen-bond acceptors (Lipinski definition) is 2. The second-order valence-corrected chi connectivity index (χ2v) is 3.55. The highest BCUT2D eigenvalue weighted by Gasteiger charge is 2.07. The van der Waals surface area contributed by atoms with Crippen molar-refractivity contribution >= 4 is 5.97 Å². The summed E-state index contributed by atoms with van der Waals surface area (Å²) in [5.74, 6) is -0.999. The number of aromatic carboxylic acids is 1. The maximum absolute atomic E-state index is 10.9. The average Bonchev–Trinajstić information content (AvgIpc) is 2.29. The number of aryl methyl sites for hydroxylation is 1. The number of aromatic nitrogens is 1. The average molecular weight is 213 g/mol. The van der Waals surface area contributed by atoms with Gasteiger partial charge in [-0.25, -0.2) is 9.78 Å². The minimum atomic E-state index is -0.999. The van der Waals surface area contributed by atoms with Crippen LogP contribution in [0.5, 0.6) is 0 Å². The second-order valence-electron chi connectivity index (χ2n) is 3.55. The fourth-order valence-electron chi connectivity index (χ4n) is 1.58. The number of benzene rings is 1. The van der Waals surface area contributed by atoms with E-state index in [-0.39, 0.29) is 5.69 Å². The first-order chi connectivity index (χ1) is 7.66. The Kier molecular flexibility index (Phi) is 2.68. The van der Waals surface area contributed by atoms with Crippen LogP contribution in [0.3, 0.4) is 0 Å². The molecule has 1 aromatic heterocycles. The van der Waals surface area contributed by atoms with Crippen LogP contribution in [-0.4, -0.2) is 16.1 Å². The summed E-state index contributed by atoms with van der Waals surface area (Å²) in [5, 5.41) is 8.92. The Labute approximate surface area is 93.4 Å². The molecule has 0 aliphatic heterocycles. The number of nitrogens with zero attached hydrogens (tertiary/aromatic N) is 1. The molecule has 0 bridgehead atoms. The summed E-state index contributed by atoms with van der Waals surface area (Å²) in [4.78, 5) is 14.8. The highest BCUT2D eigenvalue weighted by molar-refractivity contribution is 5.87. The van der Waals surface area contributed by atoms with E-state index in [9.17, 15) is 4.79 Å². The molecule has 0 aliphatic carbocycles. The molecule has 0 atom stereocenters. The molecular weight excluding hydrogens is 202 g/mol. The molecule has 0 saturated carbocycles. The van der Waals surface area contributed by atoms with E-state index in [1.807, 2.05) is 36.4 Å². The van der Waals surface area contributed by atoms with Crippen molar-refractivity contribution in [2.45, 2.75) is 6.92 Å². The predicted molar refractivity (Wildman–Crippen MR) is 61.4 cm³/mol. The van der Waals surface area contributed by atoms with Crippen molar-refractivity contribution in [1.29, 1.82) is 0 Å². The number of carboxylic acid groups (broad SMARTS) is 1. The van der Waals surface area contributed by atoms with E-state index in [1.165, 1.54) is 0 Å². The van der Waals surface area contributed by atoms with Crippen molar-refractivity contribution in [3.63, 3.8) is 0 Å². The van der Waals surface area contributed by atoms with Crippen LogP contribution in [0, 0.1) is 6.92 Å². The Bertz CT molecular complexity index is 521. The molecule has 3 heteroatoms. The van der Waals surface area contributed by atoms with Gasteiger partial charge >= 0.3 is 5.97 Å². The Morgan fingerprint density at radius 1 is 1.12 bits per heavy atom. The molecule has 16 heavy (non-hydrogen) atoms. The van der Waals surface area contributed by atoms with Gasteiger partial charge in [-0.1, -0.05) is 30.3 Å². The second kappa shape index (κ2) is 4.14. The van der Waals surface area contributed by atoms with Crippen LogP contribution in [-0.2, 0) is 0 Å². The maximum Gasteiger partial charge on any atom is 0.354 e. The van der Waals surface area contributed by atoms with Gasteiger partial charge in [0.2, 0.25) is 0 Å². The van der Waals surface area contributed by atoms with Crippen molar-refractivity contribution in [3.8, 4) is 11.1 Å². The number of rotatable bonds is 2. The zero-order chi connectivity index (χ0) is 11.5. The van der Waals surface area contributed by atoms with E-state index in [2.05, 4.69) is 4.98 Å². The van der Waals surface area contributed by atoms with E-state index in [1.54, 1.807) is 13.0 Å². The first kappa shape index (κ1) is 10.4. The van der Waals surface area contributed by atoms with Crippen LogP contribution in [0.4, 0.5) is 0 Å². The van der Waals surface area contributed by atoms with Crippen molar-refractivity contribution in [2.24, 2.45) is 0 Å². The topological polar surface area (TPSA) is 50.2 Å². The fourth-order valence-corrected chi connectivity index (χ4v) is 1.58. The lowest BCUT2D eigenvalue weighted by molar-refractivity contribution is 0.0690. The first-order valence-electron chi connectivity index (χ1n) is 4.94. The summed E-state index contributed by atoms with van der Waals surface area (Å²) in [7, 11) is 0. The molecular formula is C13H11NO2. The first-order valence-corrected chi connectivity index (χ1v) is 4.94. The quantitative estimate of drug-likeness (QED) is 0.834. The third kappa shape index (κ3) is 2.08. The van der Waals surface area contributed by atoms with E-state index >= 15 is 0 Å². The Morgan fingerprint density at radius 2 is 1.81 bits per heavy atom. The molecule has 1 heterocycles. The summed E-state index contributed by atoms with van der Waals surface area (Å²) in [5.41, 5.74) is 2.67. The Balaban J connectivity index is 2.54. The summed E-state index contributed by atoms with van der Waals surface area (Å²) < 4.78 is 0. The molecule has 80 valence electrons. The Hall–Kier alpha value is -2.16. The number of carboxylic acids is 1. The molecule has 0 aliphatic rings. The molecule has 2 rings (SSSR count). The monoisotopic (exact) mass is 213 g/mol. The van der Waals surface area contributed by atoms with Gasteiger partial charge in [0.05, 0.1) is 0 Å². The van der Waals surface area contributed by atoms with Gasteiger partial charge in [0.15, 0.2) is 0 Å². The van der Waals surface area contributed by atoms with Gasteiger partial charge in [-0.3, -0.25) is 0 Å². The van der Waals surface area contributed by atoms with Gasteiger partial charge in [0.1, 0.15) is 5.69 Å². The SMILES string of the molecule is Cc1cc(-c2ccccc2)cc(C(=O)O)n1. The zero-order valence-corrected chi connectivity index (χ0v) is 8.84. The summed E-state index contributed by atoms with van der Waals surface area (Å²) in [6, 6.07) is 13.1. The molecule has 2 aromatic rings. The number of pyridine rings is 1. The molecule has 0 saturated heterocycles. The van der Waals surface area contributed by atoms with Crippen LogP contribution < -0.4 is 0 Å². The third-order valence-electron chi connectivity index (χ3n) is 2.28. The molecule has 0 radical (unpaired) electrons. The van der Waals surface area contributed by atoms with E-state index in [0.29, 0.717) is 5.69 Å². The van der Waals surface area contributed by atoms with Crippen LogP contribution in [0.2, 0.25) is 0 Å². The van der Waals surface area contributed by atoms with Crippen LogP contribution >= 0.6 is 0 Å². The number of carbonyl (C=O) groups is 1. The van der Waals surface area contributed by atoms with Gasteiger partial charge in [0.25, 0.3) is 0 Å². The van der Waals surface area contributed by atoms with Gasteiger partial charge in [-0.2, -0.15) is 0 Å². The lowest BCUT2D eigenvalue weighted by atomic mass is 10.1. The lowest BCUT2D eigenvalue weighted by Gasteiger charge is -2.04. The smallest absolute Gasteiger partial charge is 0.354 e. The largest absolute Gasteiger partial charge is 0.477 e. The van der Waals surface area contributed by atoms with Crippen LogP contribution in [0.1, 0.15) is 16.2 Å². The lowest BCUT2D eigenvalue weighted by Crippen LogP contribution is -2.01. The van der Waals surface area contributed by atoms with E-state index in [4.69, 9.17) is 5.11 Å². The van der Waals surface area contributed by atoms with Crippen molar-refractivity contribution in [3.05, 3.63) is 53.9 Å². The molecule has 1 N–H and O–H groups in total. The van der Waals surface area contributed by atoms with Gasteiger partial charge in [-0.15, -0.1) is 0 Å². The molecule has 3 nitrogen and oxygen atoms in total. The molecule has 0 spiro atoms. The molecule has 0 amide bonds. The van der Waals surface area contributed by atoms with E-state index in [0.717, 1.165) is 11.1 Å². The van der Waals surface area contributed by atoms with Crippen molar-refractivity contribution in [1.82, 2.24) is 4.98 Å². The van der Waals surface area contributed by atoms with Crippen LogP contribution in [0.25, 0.3) is 11.1 Å². The minimum absolute atomic E-state index is 0.0823. The maximum atomic E-state index is 10.9. The van der Waals surface area contributed by atoms with Gasteiger partial charge < -0.3 is 5.11 Å². The van der Waals surface area contributed by atoms with Crippen LogP contribution in [0.15, 0.2) is 42.5 Å². The molecule has 1 aromatic carbocycles. The summed E-state index contributed by atoms with van der Waals surface area (Å²) in [6.45, 7) is 1.79. The standard InChI is InChI=1S/C13H11NO2/c1-9-7-11(8-12(14-9)13(15)16)10-5-3-2-4-6-10/h2-8H,1H3,(H,15,16). The normalized spacial score (nSPS) is 10.1. The van der Waals surface area contributed by atoms with Crippen molar-refractivity contribution < 1.29 is 9.90 Å². The molecule has 0 fully saturated rings. The zero-order valence-electron chi connectivity index (χ0n) is 8.84. The fraction of sp³-hybridized carbons (Fsp3) is 0.0769. The molecule has 0 unspecified atom stereocenters. The van der Waals surface area contributed by atoms with Crippen molar-refractivity contribution in [2.75, 3.05) is 0 Å². The van der Waals surface area contributed by atoms with E-state index < -0.39 is 5.97 Å². The minimum Gasteiger partial charge on any atom is -0.477 e. The highest BCUT2D eigenvalue weighted by Crippen LogP contribution is 2.20. The number of hydrogen-bond donors (Lipinski definition) is 1.